The number of benzene rings is 4. The van der Waals surface area contributed by atoms with E-state index in [1.165, 1.54) is 24.3 Å². The van der Waals surface area contributed by atoms with E-state index in [0.29, 0.717) is 69.1 Å². The van der Waals surface area contributed by atoms with Crippen molar-refractivity contribution in [2.24, 2.45) is 0 Å². The van der Waals surface area contributed by atoms with Crippen LogP contribution in [0.5, 0.6) is 0 Å². The smallest absolute Gasteiger partial charge is 0.228 e. The first-order valence-electron chi connectivity index (χ1n) is 19.4. The second kappa shape index (κ2) is 18.1. The Balaban J connectivity index is 0.000000150. The first kappa shape index (κ1) is 40.8. The number of carbonyl (C=O) groups excluding carboxylic acids is 2. The summed E-state index contributed by atoms with van der Waals surface area (Å²) in [6, 6.07) is 24.6. The zero-order valence-corrected chi connectivity index (χ0v) is 33.1. The van der Waals surface area contributed by atoms with Gasteiger partial charge in [-0.2, -0.15) is 0 Å². The molecule has 0 radical (unpaired) electrons. The Bertz CT molecular complexity index is 2920. The quantitative estimate of drug-likeness (QED) is 0.124. The summed E-state index contributed by atoms with van der Waals surface area (Å²) in [6.07, 6.45) is 11.8. The molecule has 8 aromatic rings. The molecular weight excluding hydrogens is 806 g/mol. The lowest BCUT2D eigenvalue weighted by Crippen LogP contribution is -2.25. The van der Waals surface area contributed by atoms with Crippen molar-refractivity contribution in [3.05, 3.63) is 150 Å². The van der Waals surface area contributed by atoms with E-state index in [-0.39, 0.29) is 22.2 Å². The Morgan fingerprint density at radius 3 is 1.56 bits per heavy atom. The van der Waals surface area contributed by atoms with Crippen LogP contribution in [-0.4, -0.2) is 48.1 Å². The van der Waals surface area contributed by atoms with Crippen LogP contribution in [0.25, 0.3) is 66.8 Å². The zero-order chi connectivity index (χ0) is 42.5. The Labute approximate surface area is 352 Å². The number of halogens is 5. The molecule has 304 valence electrons. The molecule has 5 heterocycles. The van der Waals surface area contributed by atoms with Gasteiger partial charge >= 0.3 is 0 Å². The highest BCUT2D eigenvalue weighted by Crippen LogP contribution is 2.35. The van der Waals surface area contributed by atoms with Crippen LogP contribution in [0.4, 0.5) is 23.4 Å². The highest BCUT2D eigenvalue weighted by molar-refractivity contribution is 6.34. The van der Waals surface area contributed by atoms with Crippen molar-refractivity contribution in [3.63, 3.8) is 0 Å². The molecule has 1 aliphatic heterocycles. The van der Waals surface area contributed by atoms with E-state index in [2.05, 4.69) is 29.9 Å². The van der Waals surface area contributed by atoms with Gasteiger partial charge in [0.25, 0.3) is 0 Å². The second-order valence-electron chi connectivity index (χ2n) is 14.3. The van der Waals surface area contributed by atoms with Gasteiger partial charge in [0.15, 0.2) is 11.6 Å². The number of fused-ring (bicyclic) bond motifs is 2. The lowest BCUT2D eigenvalue weighted by atomic mass is 10.0. The maximum atomic E-state index is 14.3. The summed E-state index contributed by atoms with van der Waals surface area (Å²) in [7, 11) is 0. The second-order valence-corrected chi connectivity index (χ2v) is 14.7. The molecule has 1 aliphatic carbocycles. The number of rotatable bonds is 5. The summed E-state index contributed by atoms with van der Waals surface area (Å²) < 4.78 is 54.8. The number of carbonyl (C=O) groups is 2. The van der Waals surface area contributed by atoms with Crippen molar-refractivity contribution in [1.29, 1.82) is 0 Å². The number of ketones is 1. The standard InChI is InChI=1S/C23H16F2N4O.C19H10ClF2N3.C5H8O/c24-16-6-7-17(19(25)12-16)14-5-8-20-18(11-14)23(29-10-2-4-21(29)30)28-22(27-20)15-3-1-9-26-13-15;20-18-15-8-11(14-5-4-13(21)9-16(14)22)3-6-17(15)24-19(25-18)12-2-1-7-23-10-12;6-5-3-1-2-4-5/h1,3,5-9,11-13H,2,4,10H2;1-10H;1-4H2. The fourth-order valence-corrected chi connectivity index (χ4v) is 7.31. The summed E-state index contributed by atoms with van der Waals surface area (Å²) >= 11 is 6.31. The van der Waals surface area contributed by atoms with Crippen molar-refractivity contribution < 1.29 is 27.2 Å². The van der Waals surface area contributed by atoms with E-state index in [9.17, 15) is 27.2 Å². The van der Waals surface area contributed by atoms with Crippen LogP contribution in [0.3, 0.4) is 0 Å². The molecule has 61 heavy (non-hydrogen) atoms. The van der Waals surface area contributed by atoms with E-state index < -0.39 is 23.3 Å². The zero-order valence-electron chi connectivity index (χ0n) is 32.3. The Kier molecular flexibility index (Phi) is 12.1. The van der Waals surface area contributed by atoms with E-state index >= 15 is 0 Å². The number of aromatic nitrogens is 6. The molecular formula is C47H34ClF4N7O2. The average molecular weight is 840 g/mol. The SMILES string of the molecule is Fc1ccc(-c2ccc3nc(-c4cccnc4)nc(Cl)c3c2)c(F)c1.O=C1CCCC1.O=C1CCCN1c1nc(-c2cccnc2)nc2ccc(-c3ccc(F)cc3F)cc12. The van der Waals surface area contributed by atoms with Gasteiger partial charge in [-0.15, -0.1) is 0 Å². The van der Waals surface area contributed by atoms with Gasteiger partial charge in [-0.25, -0.2) is 37.5 Å². The molecule has 1 saturated heterocycles. The van der Waals surface area contributed by atoms with Crippen LogP contribution in [0.2, 0.25) is 5.15 Å². The summed E-state index contributed by atoms with van der Waals surface area (Å²) in [5, 5.41) is 1.49. The predicted molar refractivity (Wildman–Crippen MR) is 226 cm³/mol. The number of hydrogen-bond donors (Lipinski definition) is 0. The molecule has 0 unspecified atom stereocenters. The fraction of sp³-hybridized carbons (Fsp3) is 0.149. The van der Waals surface area contributed by atoms with Crippen LogP contribution < -0.4 is 4.90 Å². The van der Waals surface area contributed by atoms with Crippen molar-refractivity contribution >= 4 is 50.9 Å². The lowest BCUT2D eigenvalue weighted by molar-refractivity contribution is -0.118. The van der Waals surface area contributed by atoms with Gasteiger partial charge in [0.05, 0.1) is 11.0 Å². The topological polar surface area (TPSA) is 115 Å². The third-order valence-electron chi connectivity index (χ3n) is 10.1. The number of amides is 1. The minimum atomic E-state index is -0.652. The third-order valence-corrected chi connectivity index (χ3v) is 10.4. The minimum Gasteiger partial charge on any atom is -0.300 e. The molecule has 0 bridgehead atoms. The molecule has 0 N–H and O–H groups in total. The molecule has 0 spiro atoms. The van der Waals surface area contributed by atoms with Crippen molar-refractivity contribution in [2.45, 2.75) is 38.5 Å². The van der Waals surface area contributed by atoms with Crippen LogP contribution in [0, 0.1) is 23.3 Å². The number of pyridine rings is 2. The van der Waals surface area contributed by atoms with Gasteiger partial charge in [-0.05, 0) is 103 Å². The first-order valence-corrected chi connectivity index (χ1v) is 19.8. The van der Waals surface area contributed by atoms with Crippen LogP contribution in [-0.2, 0) is 9.59 Å². The maximum absolute atomic E-state index is 14.3. The third kappa shape index (κ3) is 9.27. The molecule has 9 nitrogen and oxygen atoms in total. The Morgan fingerprint density at radius 2 is 1.08 bits per heavy atom. The molecule has 0 atom stereocenters. The fourth-order valence-electron chi connectivity index (χ4n) is 7.08. The molecule has 2 fully saturated rings. The summed E-state index contributed by atoms with van der Waals surface area (Å²) in [5.74, 6) is -0.678. The van der Waals surface area contributed by atoms with Gasteiger partial charge in [-0.1, -0.05) is 23.7 Å². The van der Waals surface area contributed by atoms with Crippen LogP contribution >= 0.6 is 11.6 Å². The molecule has 1 amide bonds. The first-order chi connectivity index (χ1) is 29.6. The normalized spacial score (nSPS) is 13.6. The van der Waals surface area contributed by atoms with Gasteiger partial charge in [0.2, 0.25) is 5.91 Å². The van der Waals surface area contributed by atoms with Gasteiger partial charge < -0.3 is 0 Å². The predicted octanol–water partition coefficient (Wildman–Crippen LogP) is 11.2. The summed E-state index contributed by atoms with van der Waals surface area (Å²) in [4.78, 5) is 50.6. The number of nitrogens with zero attached hydrogens (tertiary/aromatic N) is 7. The minimum absolute atomic E-state index is 0.00879. The van der Waals surface area contributed by atoms with Gasteiger partial charge in [0.1, 0.15) is 40.0 Å². The molecule has 10 rings (SSSR count). The highest BCUT2D eigenvalue weighted by atomic mass is 35.5. The number of anilines is 1. The Hall–Kier alpha value is -6.99. The lowest BCUT2D eigenvalue weighted by Gasteiger charge is -2.18. The maximum Gasteiger partial charge on any atom is 0.228 e. The molecule has 1 saturated carbocycles. The summed E-state index contributed by atoms with van der Waals surface area (Å²) in [6.45, 7) is 0.562. The van der Waals surface area contributed by atoms with E-state index in [1.54, 1.807) is 78.2 Å². The number of Topliss-reactive ketones (excluding diaryl/α,β-unsaturated/α-hetero) is 1. The largest absolute Gasteiger partial charge is 0.300 e. The monoisotopic (exact) mass is 839 g/mol. The number of hydrogen-bond acceptors (Lipinski definition) is 8. The molecule has 4 aromatic heterocycles. The van der Waals surface area contributed by atoms with E-state index in [4.69, 9.17) is 11.6 Å². The van der Waals surface area contributed by atoms with E-state index in [0.717, 1.165) is 55.4 Å². The highest BCUT2D eigenvalue weighted by Gasteiger charge is 2.26. The van der Waals surface area contributed by atoms with Crippen LogP contribution in [0.1, 0.15) is 38.5 Å². The van der Waals surface area contributed by atoms with E-state index in [1.807, 2.05) is 12.1 Å². The van der Waals surface area contributed by atoms with Gasteiger partial charge in [-0.3, -0.25) is 24.5 Å². The summed E-state index contributed by atoms with van der Waals surface area (Å²) in [5.41, 5.74) is 4.44. The van der Waals surface area contributed by atoms with Crippen molar-refractivity contribution in [2.75, 3.05) is 11.4 Å². The van der Waals surface area contributed by atoms with Crippen molar-refractivity contribution in [1.82, 2.24) is 29.9 Å². The molecule has 4 aromatic carbocycles. The molecule has 2 aliphatic rings. The molecule has 14 heteroatoms. The van der Waals surface area contributed by atoms with Gasteiger partial charge in [0, 0.05) is 95.8 Å². The van der Waals surface area contributed by atoms with Crippen molar-refractivity contribution in [3.8, 4) is 45.0 Å². The van der Waals surface area contributed by atoms with Crippen LogP contribution in [0.15, 0.2) is 122 Å². The average Bonchev–Trinajstić information content (AvgIpc) is 3.94. The Morgan fingerprint density at radius 1 is 0.541 bits per heavy atom.